The van der Waals surface area contributed by atoms with E-state index in [9.17, 15) is 4.79 Å². The van der Waals surface area contributed by atoms with Gasteiger partial charge in [-0.25, -0.2) is 4.98 Å². The van der Waals surface area contributed by atoms with Crippen LogP contribution in [-0.4, -0.2) is 23.0 Å². The van der Waals surface area contributed by atoms with E-state index in [1.54, 1.807) is 12.1 Å². The Hall–Kier alpha value is -4.07. The van der Waals surface area contributed by atoms with Gasteiger partial charge in [-0.15, -0.1) is 0 Å². The van der Waals surface area contributed by atoms with E-state index in [0.29, 0.717) is 22.8 Å². The van der Waals surface area contributed by atoms with Crippen LogP contribution in [0.15, 0.2) is 71.3 Å². The molecule has 0 fully saturated rings. The van der Waals surface area contributed by atoms with E-state index in [4.69, 9.17) is 13.9 Å². The monoisotopic (exact) mass is 390 g/mol. The highest BCUT2D eigenvalue weighted by Crippen LogP contribution is 2.27. The molecule has 2 N–H and O–H groups in total. The molecule has 1 amide bonds. The van der Waals surface area contributed by atoms with Crippen LogP contribution >= 0.6 is 0 Å². The van der Waals surface area contributed by atoms with Gasteiger partial charge in [0.15, 0.2) is 0 Å². The molecule has 4 rings (SSSR count). The highest BCUT2D eigenvalue weighted by molar-refractivity contribution is 5.99. The predicted molar refractivity (Wildman–Crippen MR) is 107 cm³/mol. The van der Waals surface area contributed by atoms with Crippen molar-refractivity contribution in [2.75, 3.05) is 12.5 Å². The van der Waals surface area contributed by atoms with Crippen LogP contribution in [0.25, 0.3) is 11.0 Å². The standard InChI is InChI=1S/C21H18N4O4/c1-27-18-11-12-22-21(23-18)25-24-20(26)19-16(13-28-14-7-3-2-4-8-14)15-9-5-6-10-17(15)29-19/h2-12H,13H2,1H3,(H,24,26)(H,22,23,25). The van der Waals surface area contributed by atoms with Crippen molar-refractivity contribution in [1.82, 2.24) is 15.4 Å². The van der Waals surface area contributed by atoms with Crippen LogP contribution < -0.4 is 20.3 Å². The number of amides is 1. The number of hydrazine groups is 1. The smallest absolute Gasteiger partial charge is 0.305 e. The van der Waals surface area contributed by atoms with Gasteiger partial charge >= 0.3 is 5.91 Å². The summed E-state index contributed by atoms with van der Waals surface area (Å²) in [6.45, 7) is 0.180. The minimum atomic E-state index is -0.473. The molecular weight excluding hydrogens is 372 g/mol. The molecule has 0 aliphatic carbocycles. The molecule has 2 heterocycles. The first-order chi connectivity index (χ1) is 14.2. The zero-order chi connectivity index (χ0) is 20.1. The van der Waals surface area contributed by atoms with Gasteiger partial charge < -0.3 is 13.9 Å². The third-order valence-corrected chi connectivity index (χ3v) is 4.16. The number of fused-ring (bicyclic) bond motifs is 1. The van der Waals surface area contributed by atoms with Crippen LogP contribution in [0.5, 0.6) is 11.6 Å². The molecule has 0 aliphatic rings. The van der Waals surface area contributed by atoms with Crippen LogP contribution in [0.2, 0.25) is 0 Å². The first-order valence-corrected chi connectivity index (χ1v) is 8.86. The Balaban J connectivity index is 1.56. The Labute approximate surface area is 166 Å². The van der Waals surface area contributed by atoms with Crippen LogP contribution in [0, 0.1) is 0 Å². The summed E-state index contributed by atoms with van der Waals surface area (Å²) < 4.78 is 16.7. The van der Waals surface area contributed by atoms with E-state index in [1.807, 2.05) is 48.5 Å². The fourth-order valence-corrected chi connectivity index (χ4v) is 2.78. The summed E-state index contributed by atoms with van der Waals surface area (Å²) in [6.07, 6.45) is 1.51. The van der Waals surface area contributed by atoms with Gasteiger partial charge in [-0.05, 0) is 18.2 Å². The molecule has 2 aromatic heterocycles. The first-order valence-electron chi connectivity index (χ1n) is 8.86. The molecule has 0 saturated heterocycles. The van der Waals surface area contributed by atoms with E-state index < -0.39 is 5.91 Å². The molecule has 4 aromatic rings. The quantitative estimate of drug-likeness (QED) is 0.466. The number of hydrogen-bond donors (Lipinski definition) is 2. The second-order valence-corrected chi connectivity index (χ2v) is 6.01. The number of carbonyl (C=O) groups excluding carboxylic acids is 1. The largest absolute Gasteiger partial charge is 0.489 e. The van der Waals surface area contributed by atoms with Crippen molar-refractivity contribution < 1.29 is 18.7 Å². The summed E-state index contributed by atoms with van der Waals surface area (Å²) in [5, 5.41) is 0.811. The molecule has 0 aliphatic heterocycles. The lowest BCUT2D eigenvalue weighted by Gasteiger charge is -2.09. The number of aromatic nitrogens is 2. The average molecular weight is 390 g/mol. The number of ether oxygens (including phenoxy) is 2. The normalized spacial score (nSPS) is 10.5. The zero-order valence-corrected chi connectivity index (χ0v) is 15.6. The molecule has 0 saturated carbocycles. The van der Waals surface area contributed by atoms with Crippen LogP contribution in [0.4, 0.5) is 5.95 Å². The summed E-state index contributed by atoms with van der Waals surface area (Å²) in [6, 6.07) is 18.4. The second-order valence-electron chi connectivity index (χ2n) is 6.01. The third-order valence-electron chi connectivity index (χ3n) is 4.16. The van der Waals surface area contributed by atoms with E-state index in [-0.39, 0.29) is 18.3 Å². The van der Waals surface area contributed by atoms with E-state index in [1.165, 1.54) is 13.3 Å². The number of nitrogens with zero attached hydrogens (tertiary/aromatic N) is 2. The third kappa shape index (κ3) is 4.11. The van der Waals surface area contributed by atoms with Crippen LogP contribution in [-0.2, 0) is 6.61 Å². The molecule has 0 spiro atoms. The number of methoxy groups -OCH3 is 1. The minimum absolute atomic E-state index is 0.150. The Morgan fingerprint density at radius 1 is 1.07 bits per heavy atom. The fraction of sp³-hybridized carbons (Fsp3) is 0.0952. The van der Waals surface area contributed by atoms with Gasteiger partial charge in [0.25, 0.3) is 0 Å². The Bertz CT molecular complexity index is 1130. The van der Waals surface area contributed by atoms with Gasteiger partial charge in [0.2, 0.25) is 17.6 Å². The Morgan fingerprint density at radius 3 is 2.69 bits per heavy atom. The van der Waals surface area contributed by atoms with Gasteiger partial charge in [0, 0.05) is 23.2 Å². The maximum Gasteiger partial charge on any atom is 0.305 e. The van der Waals surface area contributed by atoms with Gasteiger partial charge in [-0.1, -0.05) is 36.4 Å². The number of rotatable bonds is 7. The number of benzene rings is 2. The van der Waals surface area contributed by atoms with Crippen LogP contribution in [0.3, 0.4) is 0 Å². The zero-order valence-electron chi connectivity index (χ0n) is 15.6. The maximum absolute atomic E-state index is 12.8. The maximum atomic E-state index is 12.8. The number of carbonyl (C=O) groups is 1. The number of hydrogen-bond acceptors (Lipinski definition) is 7. The second kappa shape index (κ2) is 8.30. The lowest BCUT2D eigenvalue weighted by atomic mass is 10.1. The molecule has 0 radical (unpaired) electrons. The molecule has 2 aromatic carbocycles. The summed E-state index contributed by atoms with van der Waals surface area (Å²) in [5.41, 5.74) is 6.46. The van der Waals surface area contributed by atoms with Crippen molar-refractivity contribution in [2.45, 2.75) is 6.61 Å². The van der Waals surface area contributed by atoms with Gasteiger partial charge in [-0.3, -0.25) is 15.6 Å². The number of para-hydroxylation sites is 2. The number of nitrogens with one attached hydrogen (secondary N) is 2. The summed E-state index contributed by atoms with van der Waals surface area (Å²) in [7, 11) is 1.50. The van der Waals surface area contributed by atoms with E-state index in [2.05, 4.69) is 20.8 Å². The Kier molecular flexibility index (Phi) is 5.24. The average Bonchev–Trinajstić information content (AvgIpc) is 3.15. The van der Waals surface area contributed by atoms with Gasteiger partial charge in [0.05, 0.1) is 7.11 Å². The Morgan fingerprint density at radius 2 is 1.86 bits per heavy atom. The summed E-state index contributed by atoms with van der Waals surface area (Å²) in [5.74, 6) is 0.942. The van der Waals surface area contributed by atoms with Crippen molar-refractivity contribution in [3.05, 3.63) is 78.2 Å². The first kappa shape index (κ1) is 18.3. The SMILES string of the molecule is COc1ccnc(NNC(=O)c2oc3ccccc3c2COc2ccccc2)n1. The van der Waals surface area contributed by atoms with Crippen molar-refractivity contribution in [3.63, 3.8) is 0 Å². The predicted octanol–water partition coefficient (Wildman–Crippen LogP) is 3.57. The number of anilines is 1. The summed E-state index contributed by atoms with van der Waals surface area (Å²) >= 11 is 0. The van der Waals surface area contributed by atoms with E-state index >= 15 is 0 Å². The lowest BCUT2D eigenvalue weighted by Crippen LogP contribution is -2.30. The van der Waals surface area contributed by atoms with Crippen molar-refractivity contribution in [1.29, 1.82) is 0 Å². The fourth-order valence-electron chi connectivity index (χ4n) is 2.78. The molecule has 8 nitrogen and oxygen atoms in total. The molecule has 29 heavy (non-hydrogen) atoms. The highest BCUT2D eigenvalue weighted by atomic mass is 16.5. The minimum Gasteiger partial charge on any atom is -0.489 e. The molecular formula is C21H18N4O4. The van der Waals surface area contributed by atoms with Crippen LogP contribution in [0.1, 0.15) is 16.1 Å². The number of furan rings is 1. The molecule has 0 unspecified atom stereocenters. The van der Waals surface area contributed by atoms with Gasteiger partial charge in [-0.2, -0.15) is 4.98 Å². The van der Waals surface area contributed by atoms with E-state index in [0.717, 1.165) is 5.39 Å². The van der Waals surface area contributed by atoms with Crippen molar-refractivity contribution in [2.24, 2.45) is 0 Å². The molecule has 0 atom stereocenters. The topological polar surface area (TPSA) is 98.5 Å². The van der Waals surface area contributed by atoms with Crippen molar-refractivity contribution >= 4 is 22.8 Å². The van der Waals surface area contributed by atoms with Gasteiger partial charge in [0.1, 0.15) is 17.9 Å². The van der Waals surface area contributed by atoms with Crippen molar-refractivity contribution in [3.8, 4) is 11.6 Å². The summed E-state index contributed by atoms with van der Waals surface area (Å²) in [4.78, 5) is 20.9. The lowest BCUT2D eigenvalue weighted by molar-refractivity contribution is 0.0933. The molecule has 8 heteroatoms. The highest BCUT2D eigenvalue weighted by Gasteiger charge is 2.21. The molecule has 0 bridgehead atoms. The molecule has 146 valence electrons.